The highest BCUT2D eigenvalue weighted by Crippen LogP contribution is 2.24. The Labute approximate surface area is 156 Å². The molecule has 0 aromatic heterocycles. The van der Waals surface area contributed by atoms with Crippen LogP contribution in [0.25, 0.3) is 0 Å². The number of anilines is 2. The molecular formula is C20H26N2O3S. The fraction of sp³-hybridized carbons (Fsp3) is 0.350. The molecule has 0 radical (unpaired) electrons. The van der Waals surface area contributed by atoms with Crippen molar-refractivity contribution >= 4 is 27.3 Å². The van der Waals surface area contributed by atoms with Gasteiger partial charge in [0.15, 0.2) is 0 Å². The summed E-state index contributed by atoms with van der Waals surface area (Å²) >= 11 is 0. The van der Waals surface area contributed by atoms with Gasteiger partial charge in [-0.05, 0) is 55.2 Å². The molecule has 140 valence electrons. The Bertz CT molecular complexity index is 861. The van der Waals surface area contributed by atoms with Crippen LogP contribution >= 0.6 is 0 Å². The van der Waals surface area contributed by atoms with E-state index >= 15 is 0 Å². The summed E-state index contributed by atoms with van der Waals surface area (Å²) < 4.78 is 26.1. The number of sulfonamides is 1. The molecule has 5 nitrogen and oxygen atoms in total. The Hall–Kier alpha value is -2.34. The van der Waals surface area contributed by atoms with E-state index in [0.29, 0.717) is 17.8 Å². The van der Waals surface area contributed by atoms with Crippen molar-refractivity contribution in [2.45, 2.75) is 39.7 Å². The standard InChI is InChI=1S/C20H26N2O3S/c1-5-16-10-12-17(13-11-16)21-20(23)19(6-2)22(26(4,24)25)18-9-7-8-15(3)14-18/h7-14,19H,5-6H2,1-4H3,(H,21,23)/t19-/m1/s1. The van der Waals surface area contributed by atoms with E-state index in [4.69, 9.17) is 0 Å². The molecule has 0 aliphatic carbocycles. The highest BCUT2D eigenvalue weighted by atomic mass is 32.2. The zero-order chi connectivity index (χ0) is 19.3. The second-order valence-corrected chi connectivity index (χ2v) is 8.22. The van der Waals surface area contributed by atoms with Crippen molar-refractivity contribution in [2.24, 2.45) is 0 Å². The number of benzene rings is 2. The first kappa shape index (κ1) is 20.0. The molecule has 1 N–H and O–H groups in total. The van der Waals surface area contributed by atoms with E-state index in [2.05, 4.69) is 12.2 Å². The van der Waals surface area contributed by atoms with Gasteiger partial charge in [-0.3, -0.25) is 9.10 Å². The van der Waals surface area contributed by atoms with Crippen molar-refractivity contribution in [1.29, 1.82) is 0 Å². The van der Waals surface area contributed by atoms with Gasteiger partial charge in [0.1, 0.15) is 6.04 Å². The summed E-state index contributed by atoms with van der Waals surface area (Å²) in [6, 6.07) is 13.9. The Kier molecular flexibility index (Phi) is 6.42. The second-order valence-electron chi connectivity index (χ2n) is 6.36. The van der Waals surface area contributed by atoms with Crippen LogP contribution in [0, 0.1) is 6.92 Å². The maximum absolute atomic E-state index is 12.8. The predicted octanol–water partition coefficient (Wildman–Crippen LogP) is 3.74. The average molecular weight is 375 g/mol. The Morgan fingerprint density at radius 2 is 1.77 bits per heavy atom. The van der Waals surface area contributed by atoms with E-state index in [1.807, 2.05) is 37.3 Å². The molecule has 2 rings (SSSR count). The lowest BCUT2D eigenvalue weighted by molar-refractivity contribution is -0.117. The third kappa shape index (κ3) is 4.85. The minimum Gasteiger partial charge on any atom is -0.324 e. The van der Waals surface area contributed by atoms with Crippen LogP contribution in [0.4, 0.5) is 11.4 Å². The van der Waals surface area contributed by atoms with Crippen LogP contribution in [0.5, 0.6) is 0 Å². The van der Waals surface area contributed by atoms with Crippen LogP contribution < -0.4 is 9.62 Å². The van der Waals surface area contributed by atoms with E-state index in [0.717, 1.165) is 18.2 Å². The molecule has 6 heteroatoms. The first-order chi connectivity index (χ1) is 12.3. The molecule has 26 heavy (non-hydrogen) atoms. The van der Waals surface area contributed by atoms with Gasteiger partial charge in [-0.15, -0.1) is 0 Å². The van der Waals surface area contributed by atoms with E-state index in [1.165, 1.54) is 9.87 Å². The number of amides is 1. The average Bonchev–Trinajstić information content (AvgIpc) is 2.58. The molecule has 2 aromatic rings. The fourth-order valence-electron chi connectivity index (χ4n) is 2.87. The SMILES string of the molecule is CCc1ccc(NC(=O)[C@@H](CC)N(c2cccc(C)c2)S(C)(=O)=O)cc1. The number of hydrogen-bond donors (Lipinski definition) is 1. The van der Waals surface area contributed by atoms with E-state index < -0.39 is 16.1 Å². The van der Waals surface area contributed by atoms with Crippen molar-refractivity contribution < 1.29 is 13.2 Å². The smallest absolute Gasteiger partial charge is 0.248 e. The van der Waals surface area contributed by atoms with E-state index in [1.54, 1.807) is 25.1 Å². The minimum absolute atomic E-state index is 0.344. The number of carbonyl (C=O) groups excluding carboxylic acids is 1. The number of hydrogen-bond acceptors (Lipinski definition) is 3. The summed E-state index contributed by atoms with van der Waals surface area (Å²) in [6.45, 7) is 5.76. The Morgan fingerprint density at radius 3 is 2.27 bits per heavy atom. The fourth-order valence-corrected chi connectivity index (χ4v) is 4.08. The summed E-state index contributed by atoms with van der Waals surface area (Å²) in [5.74, 6) is -0.344. The van der Waals surface area contributed by atoms with Gasteiger partial charge in [0.25, 0.3) is 0 Å². The first-order valence-corrected chi connectivity index (χ1v) is 10.6. The van der Waals surface area contributed by atoms with Gasteiger partial charge in [-0.2, -0.15) is 0 Å². The normalized spacial score (nSPS) is 12.5. The summed E-state index contributed by atoms with van der Waals surface area (Å²) in [5, 5.41) is 2.84. The van der Waals surface area contributed by atoms with Gasteiger partial charge in [0, 0.05) is 5.69 Å². The second kappa shape index (κ2) is 8.36. The topological polar surface area (TPSA) is 66.5 Å². The highest BCUT2D eigenvalue weighted by Gasteiger charge is 2.31. The van der Waals surface area contributed by atoms with Crippen LogP contribution in [0.1, 0.15) is 31.4 Å². The zero-order valence-electron chi connectivity index (χ0n) is 15.7. The quantitative estimate of drug-likeness (QED) is 0.803. The number of aryl methyl sites for hydroxylation is 2. The molecule has 0 unspecified atom stereocenters. The molecule has 0 spiro atoms. The minimum atomic E-state index is -3.62. The number of nitrogens with zero attached hydrogens (tertiary/aromatic N) is 1. The maximum atomic E-state index is 12.8. The molecule has 0 aliphatic rings. The third-order valence-electron chi connectivity index (χ3n) is 4.22. The third-order valence-corrected chi connectivity index (χ3v) is 5.40. The van der Waals surface area contributed by atoms with Crippen LogP contribution in [-0.2, 0) is 21.2 Å². The highest BCUT2D eigenvalue weighted by molar-refractivity contribution is 7.92. The molecule has 0 bridgehead atoms. The zero-order valence-corrected chi connectivity index (χ0v) is 16.5. The van der Waals surface area contributed by atoms with Crippen LogP contribution in [-0.4, -0.2) is 26.6 Å². The largest absolute Gasteiger partial charge is 0.324 e. The molecule has 0 saturated carbocycles. The Morgan fingerprint density at radius 1 is 1.12 bits per heavy atom. The molecular weight excluding hydrogens is 348 g/mol. The number of nitrogens with one attached hydrogen (secondary N) is 1. The summed E-state index contributed by atoms with van der Waals surface area (Å²) in [4.78, 5) is 12.8. The van der Waals surface area contributed by atoms with Gasteiger partial charge >= 0.3 is 0 Å². The van der Waals surface area contributed by atoms with Crippen molar-refractivity contribution in [3.63, 3.8) is 0 Å². The van der Waals surface area contributed by atoms with Crippen LogP contribution in [0.2, 0.25) is 0 Å². The molecule has 0 fully saturated rings. The summed E-state index contributed by atoms with van der Waals surface area (Å²) in [7, 11) is -3.62. The molecule has 0 heterocycles. The van der Waals surface area contributed by atoms with Gasteiger partial charge in [0.05, 0.1) is 11.9 Å². The molecule has 0 aliphatic heterocycles. The van der Waals surface area contributed by atoms with Crippen molar-refractivity contribution in [2.75, 3.05) is 15.9 Å². The van der Waals surface area contributed by atoms with Crippen molar-refractivity contribution in [1.82, 2.24) is 0 Å². The van der Waals surface area contributed by atoms with E-state index in [9.17, 15) is 13.2 Å². The van der Waals surface area contributed by atoms with Gasteiger partial charge in [-0.1, -0.05) is 38.1 Å². The van der Waals surface area contributed by atoms with Gasteiger partial charge in [-0.25, -0.2) is 8.42 Å². The molecule has 2 aromatic carbocycles. The Balaban J connectivity index is 2.33. The van der Waals surface area contributed by atoms with Crippen LogP contribution in [0.15, 0.2) is 48.5 Å². The lowest BCUT2D eigenvalue weighted by Gasteiger charge is -2.30. The van der Waals surface area contributed by atoms with Crippen LogP contribution in [0.3, 0.4) is 0 Å². The molecule has 1 atom stereocenters. The molecule has 1 amide bonds. The summed E-state index contributed by atoms with van der Waals surface area (Å²) in [5.41, 5.74) is 3.26. The maximum Gasteiger partial charge on any atom is 0.248 e. The predicted molar refractivity (Wildman–Crippen MR) is 107 cm³/mol. The number of carbonyl (C=O) groups is 1. The van der Waals surface area contributed by atoms with E-state index in [-0.39, 0.29) is 5.91 Å². The lowest BCUT2D eigenvalue weighted by Crippen LogP contribution is -2.47. The number of rotatable bonds is 7. The first-order valence-electron chi connectivity index (χ1n) is 8.72. The van der Waals surface area contributed by atoms with Gasteiger partial charge in [0.2, 0.25) is 15.9 Å². The monoisotopic (exact) mass is 374 g/mol. The van der Waals surface area contributed by atoms with Crippen molar-refractivity contribution in [3.05, 3.63) is 59.7 Å². The van der Waals surface area contributed by atoms with Gasteiger partial charge < -0.3 is 5.32 Å². The van der Waals surface area contributed by atoms with Crippen molar-refractivity contribution in [3.8, 4) is 0 Å². The molecule has 0 saturated heterocycles. The summed E-state index contributed by atoms with van der Waals surface area (Å²) in [6.07, 6.45) is 2.40. The lowest BCUT2D eigenvalue weighted by atomic mass is 10.1.